The van der Waals surface area contributed by atoms with Gasteiger partial charge in [-0.25, -0.2) is 0 Å². The molecule has 1 aliphatic heterocycles. The van der Waals surface area contributed by atoms with E-state index in [9.17, 15) is 14.4 Å². The number of benzene rings is 2. The maximum absolute atomic E-state index is 12.3. The van der Waals surface area contributed by atoms with Crippen molar-refractivity contribution in [2.45, 2.75) is 6.42 Å². The number of carbonyl (C=O) groups is 3. The quantitative estimate of drug-likeness (QED) is 0.847. The third-order valence-electron chi connectivity index (χ3n) is 4.13. The first kappa shape index (κ1) is 17.9. The lowest BCUT2D eigenvalue weighted by Gasteiger charge is -2.16. The highest BCUT2D eigenvalue weighted by molar-refractivity contribution is 6.33. The Balaban J connectivity index is 1.52. The van der Waals surface area contributed by atoms with Crippen molar-refractivity contribution in [1.29, 1.82) is 0 Å². The Hall–Kier alpha value is -2.86. The van der Waals surface area contributed by atoms with Gasteiger partial charge in [0, 0.05) is 18.7 Å². The normalized spacial score (nSPS) is 16.4. The lowest BCUT2D eigenvalue weighted by Crippen LogP contribution is -2.37. The molecule has 134 valence electrons. The second-order valence-electron chi connectivity index (χ2n) is 5.99. The van der Waals surface area contributed by atoms with Crippen molar-refractivity contribution >= 4 is 40.7 Å². The van der Waals surface area contributed by atoms with Crippen LogP contribution in [-0.4, -0.2) is 30.8 Å². The van der Waals surface area contributed by atoms with Gasteiger partial charge in [-0.3, -0.25) is 14.4 Å². The molecule has 2 aromatic rings. The van der Waals surface area contributed by atoms with Gasteiger partial charge in [0.2, 0.25) is 17.7 Å². The highest BCUT2D eigenvalue weighted by atomic mass is 35.5. The molecule has 6 nitrogen and oxygen atoms in total. The van der Waals surface area contributed by atoms with Crippen LogP contribution in [0.5, 0.6) is 0 Å². The molecule has 1 heterocycles. The summed E-state index contributed by atoms with van der Waals surface area (Å²) in [6.45, 7) is 0.126. The summed E-state index contributed by atoms with van der Waals surface area (Å²) in [4.78, 5) is 38.0. The van der Waals surface area contributed by atoms with Crippen LogP contribution in [0.25, 0.3) is 0 Å². The van der Waals surface area contributed by atoms with Crippen LogP contribution >= 0.6 is 11.6 Å². The predicted octanol–water partition coefficient (Wildman–Crippen LogP) is 2.45. The van der Waals surface area contributed by atoms with Crippen molar-refractivity contribution in [2.75, 3.05) is 23.3 Å². The molecule has 2 aromatic carbocycles. The minimum atomic E-state index is -0.476. The van der Waals surface area contributed by atoms with E-state index in [0.717, 1.165) is 5.69 Å². The Labute approximate surface area is 156 Å². The largest absolute Gasteiger partial charge is 0.347 e. The number of hydrogen-bond donors (Lipinski definition) is 2. The van der Waals surface area contributed by atoms with E-state index in [1.807, 2.05) is 30.3 Å². The summed E-state index contributed by atoms with van der Waals surface area (Å²) in [5, 5.41) is 5.64. The van der Waals surface area contributed by atoms with Gasteiger partial charge in [-0.05, 0) is 24.3 Å². The summed E-state index contributed by atoms with van der Waals surface area (Å²) in [6.07, 6.45) is 0.132. The van der Waals surface area contributed by atoms with Crippen LogP contribution in [0.2, 0.25) is 5.02 Å². The molecule has 0 spiro atoms. The lowest BCUT2D eigenvalue weighted by atomic mass is 10.1. The number of para-hydroxylation sites is 2. The Morgan fingerprint density at radius 3 is 2.50 bits per heavy atom. The zero-order valence-corrected chi connectivity index (χ0v) is 14.7. The van der Waals surface area contributed by atoms with Crippen molar-refractivity contribution in [3.05, 3.63) is 59.6 Å². The summed E-state index contributed by atoms with van der Waals surface area (Å²) in [7, 11) is 0. The van der Waals surface area contributed by atoms with Crippen LogP contribution in [0.15, 0.2) is 54.6 Å². The third kappa shape index (κ3) is 4.21. The first-order valence-corrected chi connectivity index (χ1v) is 8.60. The van der Waals surface area contributed by atoms with Crippen LogP contribution in [-0.2, 0) is 14.4 Å². The Morgan fingerprint density at radius 2 is 1.77 bits per heavy atom. The fourth-order valence-electron chi connectivity index (χ4n) is 2.81. The maximum atomic E-state index is 12.3. The van der Waals surface area contributed by atoms with E-state index in [1.165, 1.54) is 0 Å². The minimum absolute atomic E-state index is 0.100. The van der Waals surface area contributed by atoms with Crippen LogP contribution in [0.3, 0.4) is 0 Å². The van der Waals surface area contributed by atoms with Gasteiger partial charge >= 0.3 is 0 Å². The number of halogens is 1. The molecule has 3 rings (SSSR count). The van der Waals surface area contributed by atoms with E-state index < -0.39 is 5.92 Å². The predicted molar refractivity (Wildman–Crippen MR) is 100.0 cm³/mol. The first-order chi connectivity index (χ1) is 12.5. The molecule has 1 fully saturated rings. The number of nitrogens with zero attached hydrogens (tertiary/aromatic N) is 1. The SMILES string of the molecule is O=C(CNC(=O)[C@H]1CC(=O)N(c2ccccc2)C1)Nc1ccccc1Cl. The number of rotatable bonds is 5. The van der Waals surface area contributed by atoms with E-state index in [-0.39, 0.29) is 30.7 Å². The van der Waals surface area contributed by atoms with Gasteiger partial charge in [0.25, 0.3) is 0 Å². The lowest BCUT2D eigenvalue weighted by molar-refractivity contribution is -0.127. The summed E-state index contributed by atoms with van der Waals surface area (Å²) >= 11 is 5.98. The summed E-state index contributed by atoms with van der Waals surface area (Å²) in [5.74, 6) is -1.27. The van der Waals surface area contributed by atoms with Gasteiger partial charge in [0.05, 0.1) is 23.2 Å². The van der Waals surface area contributed by atoms with Gasteiger partial charge in [-0.2, -0.15) is 0 Å². The van der Waals surface area contributed by atoms with Gasteiger partial charge in [0.1, 0.15) is 0 Å². The molecule has 0 unspecified atom stereocenters. The molecule has 1 saturated heterocycles. The van der Waals surface area contributed by atoms with Crippen LogP contribution in [0, 0.1) is 5.92 Å². The molecule has 0 aliphatic carbocycles. The average Bonchev–Trinajstić information content (AvgIpc) is 3.04. The molecule has 0 radical (unpaired) electrons. The third-order valence-corrected chi connectivity index (χ3v) is 4.46. The number of anilines is 2. The second-order valence-corrected chi connectivity index (χ2v) is 6.39. The number of amides is 3. The molecule has 1 atom stereocenters. The van der Waals surface area contributed by atoms with Crippen LogP contribution in [0.1, 0.15) is 6.42 Å². The molecule has 7 heteroatoms. The molecule has 2 N–H and O–H groups in total. The number of carbonyl (C=O) groups excluding carboxylic acids is 3. The van der Waals surface area contributed by atoms with Gasteiger partial charge in [-0.15, -0.1) is 0 Å². The fourth-order valence-corrected chi connectivity index (χ4v) is 2.99. The Morgan fingerprint density at radius 1 is 1.08 bits per heavy atom. The molecule has 1 aliphatic rings. The maximum Gasteiger partial charge on any atom is 0.243 e. The highest BCUT2D eigenvalue weighted by Gasteiger charge is 2.35. The summed E-state index contributed by atoms with van der Waals surface area (Å²) in [6, 6.07) is 16.1. The molecule has 0 saturated carbocycles. The van der Waals surface area contributed by atoms with E-state index >= 15 is 0 Å². The van der Waals surface area contributed by atoms with E-state index in [2.05, 4.69) is 10.6 Å². The smallest absolute Gasteiger partial charge is 0.243 e. The first-order valence-electron chi connectivity index (χ1n) is 8.22. The summed E-state index contributed by atoms with van der Waals surface area (Å²) in [5.41, 5.74) is 1.25. The number of nitrogens with one attached hydrogen (secondary N) is 2. The van der Waals surface area contributed by atoms with Crippen molar-refractivity contribution < 1.29 is 14.4 Å². The molecular weight excluding hydrogens is 354 g/mol. The monoisotopic (exact) mass is 371 g/mol. The molecule has 0 bridgehead atoms. The molecule has 3 amide bonds. The standard InChI is InChI=1S/C19H18ClN3O3/c20-15-8-4-5-9-16(15)22-17(24)11-21-19(26)13-10-18(25)23(12-13)14-6-2-1-3-7-14/h1-9,13H,10-12H2,(H,21,26)(H,22,24)/t13-/m0/s1. The van der Waals surface area contributed by atoms with Gasteiger partial charge in [0.15, 0.2) is 0 Å². The van der Waals surface area contributed by atoms with Crippen molar-refractivity contribution in [3.8, 4) is 0 Å². The summed E-state index contributed by atoms with van der Waals surface area (Å²) < 4.78 is 0. The fraction of sp³-hybridized carbons (Fsp3) is 0.211. The molecule has 0 aromatic heterocycles. The number of hydrogen-bond acceptors (Lipinski definition) is 3. The topological polar surface area (TPSA) is 78.5 Å². The van der Waals surface area contributed by atoms with Crippen LogP contribution in [0.4, 0.5) is 11.4 Å². The van der Waals surface area contributed by atoms with Crippen LogP contribution < -0.4 is 15.5 Å². The molecular formula is C19H18ClN3O3. The second kappa shape index (κ2) is 8.01. The Kier molecular flexibility index (Phi) is 5.53. The zero-order chi connectivity index (χ0) is 18.5. The average molecular weight is 372 g/mol. The zero-order valence-electron chi connectivity index (χ0n) is 13.9. The Bertz CT molecular complexity index is 826. The van der Waals surface area contributed by atoms with E-state index in [1.54, 1.807) is 29.2 Å². The van der Waals surface area contributed by atoms with E-state index in [4.69, 9.17) is 11.6 Å². The van der Waals surface area contributed by atoms with Crippen molar-refractivity contribution in [2.24, 2.45) is 5.92 Å². The van der Waals surface area contributed by atoms with Crippen molar-refractivity contribution in [3.63, 3.8) is 0 Å². The van der Waals surface area contributed by atoms with Gasteiger partial charge in [-0.1, -0.05) is 41.9 Å². The molecule has 26 heavy (non-hydrogen) atoms. The highest BCUT2D eigenvalue weighted by Crippen LogP contribution is 2.25. The van der Waals surface area contributed by atoms with E-state index in [0.29, 0.717) is 17.3 Å². The minimum Gasteiger partial charge on any atom is -0.347 e. The van der Waals surface area contributed by atoms with Crippen molar-refractivity contribution in [1.82, 2.24) is 5.32 Å². The van der Waals surface area contributed by atoms with Gasteiger partial charge < -0.3 is 15.5 Å².